The minimum absolute atomic E-state index is 0.0119. The molecular formula is C26H30O3. The topological polar surface area (TPSA) is 49.7 Å². The van der Waals surface area contributed by atoms with Crippen molar-refractivity contribution < 1.29 is 14.9 Å². The van der Waals surface area contributed by atoms with E-state index in [1.807, 2.05) is 54.6 Å². The third-order valence-corrected chi connectivity index (χ3v) is 5.38. The maximum absolute atomic E-state index is 9.44. The van der Waals surface area contributed by atoms with Crippen molar-refractivity contribution in [2.24, 2.45) is 11.8 Å². The minimum atomic E-state index is -0.730. The molecule has 0 saturated carbocycles. The predicted molar refractivity (Wildman–Crippen MR) is 117 cm³/mol. The highest BCUT2D eigenvalue weighted by atomic mass is 16.5. The molecule has 0 radical (unpaired) electrons. The predicted octanol–water partition coefficient (Wildman–Crippen LogP) is 4.62. The summed E-state index contributed by atoms with van der Waals surface area (Å²) < 4.78 is 6.78. The number of aliphatic hydroxyl groups excluding tert-OH is 2. The molecule has 152 valence electrons. The van der Waals surface area contributed by atoms with E-state index >= 15 is 0 Å². The van der Waals surface area contributed by atoms with Crippen LogP contribution in [0, 0.1) is 11.8 Å². The average molecular weight is 391 g/mol. The Morgan fingerprint density at radius 2 is 1.07 bits per heavy atom. The summed E-state index contributed by atoms with van der Waals surface area (Å²) in [6.07, 6.45) is 0.710. The minimum Gasteiger partial charge on any atom is -0.396 e. The van der Waals surface area contributed by atoms with Gasteiger partial charge in [-0.2, -0.15) is 0 Å². The van der Waals surface area contributed by atoms with Gasteiger partial charge in [0.2, 0.25) is 0 Å². The first-order valence-electron chi connectivity index (χ1n) is 10.2. The number of hydrogen-bond donors (Lipinski definition) is 2. The van der Waals surface area contributed by atoms with Gasteiger partial charge in [-0.15, -0.1) is 0 Å². The Kier molecular flexibility index (Phi) is 7.59. The number of benzene rings is 3. The van der Waals surface area contributed by atoms with Gasteiger partial charge in [-0.25, -0.2) is 0 Å². The Hall–Kier alpha value is -2.46. The van der Waals surface area contributed by atoms with Gasteiger partial charge in [0.1, 0.15) is 5.60 Å². The van der Waals surface area contributed by atoms with Gasteiger partial charge >= 0.3 is 0 Å². The molecule has 0 spiro atoms. The second-order valence-corrected chi connectivity index (χ2v) is 7.66. The quantitative estimate of drug-likeness (QED) is 0.497. The van der Waals surface area contributed by atoms with Crippen LogP contribution < -0.4 is 0 Å². The van der Waals surface area contributed by atoms with Gasteiger partial charge in [0.15, 0.2) is 0 Å². The van der Waals surface area contributed by atoms with Gasteiger partial charge in [0, 0.05) is 19.1 Å². The number of ether oxygens (including phenoxy) is 1. The molecule has 0 amide bonds. The highest BCUT2D eigenvalue weighted by molar-refractivity contribution is 5.47. The van der Waals surface area contributed by atoms with Crippen molar-refractivity contribution in [3.8, 4) is 0 Å². The highest BCUT2D eigenvalue weighted by Gasteiger charge is 2.37. The molecule has 0 bridgehead atoms. The number of rotatable bonds is 10. The third-order valence-electron chi connectivity index (χ3n) is 5.38. The molecule has 3 rings (SSSR count). The molecule has 2 N–H and O–H groups in total. The molecule has 3 nitrogen and oxygen atoms in total. The summed E-state index contributed by atoms with van der Waals surface area (Å²) in [4.78, 5) is 0. The fourth-order valence-corrected chi connectivity index (χ4v) is 3.88. The molecular weight excluding hydrogens is 360 g/mol. The zero-order valence-electron chi connectivity index (χ0n) is 16.9. The Morgan fingerprint density at radius 1 is 0.690 bits per heavy atom. The molecule has 0 aliphatic rings. The summed E-state index contributed by atoms with van der Waals surface area (Å²) in [5, 5.41) is 18.9. The van der Waals surface area contributed by atoms with Crippen LogP contribution in [0.4, 0.5) is 0 Å². The van der Waals surface area contributed by atoms with Crippen molar-refractivity contribution in [3.05, 3.63) is 108 Å². The maximum atomic E-state index is 9.44. The van der Waals surface area contributed by atoms with Crippen molar-refractivity contribution in [2.75, 3.05) is 19.8 Å². The SMILES string of the molecule is C[C@@H](COC(c1ccccc1)(c1ccccc1)c1ccccc1)CC(CO)CO. The fourth-order valence-electron chi connectivity index (χ4n) is 3.88. The molecule has 0 aromatic heterocycles. The Balaban J connectivity index is 2.03. The van der Waals surface area contributed by atoms with E-state index in [1.165, 1.54) is 0 Å². The summed E-state index contributed by atoms with van der Waals surface area (Å²) in [5.74, 6) is 0.0722. The van der Waals surface area contributed by atoms with E-state index in [2.05, 4.69) is 43.3 Å². The van der Waals surface area contributed by atoms with E-state index in [-0.39, 0.29) is 25.0 Å². The summed E-state index contributed by atoms with van der Waals surface area (Å²) in [6.45, 7) is 2.59. The summed E-state index contributed by atoms with van der Waals surface area (Å²) in [7, 11) is 0. The monoisotopic (exact) mass is 390 g/mol. The first kappa shape index (κ1) is 21.3. The normalized spacial score (nSPS) is 12.8. The maximum Gasteiger partial charge on any atom is 0.143 e. The van der Waals surface area contributed by atoms with E-state index in [0.717, 1.165) is 16.7 Å². The molecule has 3 heteroatoms. The molecule has 1 atom stereocenters. The lowest BCUT2D eigenvalue weighted by molar-refractivity contribution is -0.0125. The molecule has 0 fully saturated rings. The number of hydrogen-bond acceptors (Lipinski definition) is 3. The van der Waals surface area contributed by atoms with E-state index in [4.69, 9.17) is 4.74 Å². The average Bonchev–Trinajstić information content (AvgIpc) is 2.80. The smallest absolute Gasteiger partial charge is 0.143 e. The fraction of sp³-hybridized carbons (Fsp3) is 0.308. The molecule has 3 aromatic carbocycles. The third kappa shape index (κ3) is 4.94. The zero-order chi connectivity index (χ0) is 20.5. The molecule has 0 aliphatic carbocycles. The van der Waals surface area contributed by atoms with Gasteiger partial charge in [0.05, 0.1) is 6.61 Å². The lowest BCUT2D eigenvalue weighted by atomic mass is 9.80. The van der Waals surface area contributed by atoms with Crippen molar-refractivity contribution in [1.29, 1.82) is 0 Å². The van der Waals surface area contributed by atoms with Crippen LogP contribution in [0.3, 0.4) is 0 Å². The summed E-state index contributed by atoms with van der Waals surface area (Å²) >= 11 is 0. The van der Waals surface area contributed by atoms with Crippen molar-refractivity contribution in [1.82, 2.24) is 0 Å². The second kappa shape index (κ2) is 10.4. The Bertz CT molecular complexity index is 733. The van der Waals surface area contributed by atoms with Gasteiger partial charge in [-0.1, -0.05) is 97.9 Å². The molecule has 0 heterocycles. The molecule has 29 heavy (non-hydrogen) atoms. The highest BCUT2D eigenvalue weighted by Crippen LogP contribution is 2.40. The van der Waals surface area contributed by atoms with Crippen molar-refractivity contribution in [2.45, 2.75) is 18.9 Å². The van der Waals surface area contributed by atoms with Crippen molar-refractivity contribution in [3.63, 3.8) is 0 Å². The second-order valence-electron chi connectivity index (χ2n) is 7.66. The van der Waals surface area contributed by atoms with Crippen LogP contribution in [0.1, 0.15) is 30.0 Å². The van der Waals surface area contributed by atoms with Gasteiger partial charge in [-0.3, -0.25) is 0 Å². The van der Waals surface area contributed by atoms with Crippen LogP contribution in [-0.4, -0.2) is 30.0 Å². The van der Waals surface area contributed by atoms with Crippen LogP contribution >= 0.6 is 0 Å². The first-order valence-corrected chi connectivity index (χ1v) is 10.2. The van der Waals surface area contributed by atoms with Gasteiger partial charge in [-0.05, 0) is 29.0 Å². The van der Waals surface area contributed by atoms with Gasteiger partial charge in [0.25, 0.3) is 0 Å². The summed E-state index contributed by atoms with van der Waals surface area (Å²) in [6, 6.07) is 30.9. The summed E-state index contributed by atoms with van der Waals surface area (Å²) in [5.41, 5.74) is 2.49. The Morgan fingerprint density at radius 3 is 1.41 bits per heavy atom. The lowest BCUT2D eigenvalue weighted by Gasteiger charge is -2.37. The first-order chi connectivity index (χ1) is 14.2. The van der Waals surface area contributed by atoms with Crippen LogP contribution in [0.15, 0.2) is 91.0 Å². The standard InChI is InChI=1S/C26H30O3/c1-21(17-22(18-27)19-28)20-29-26(23-11-5-2-6-12-23,24-13-7-3-8-14-24)25-15-9-4-10-16-25/h2-16,21-22,27-28H,17-20H2,1H3/t21-/m1/s1. The number of aliphatic hydroxyl groups is 2. The molecule has 0 unspecified atom stereocenters. The van der Waals surface area contributed by atoms with Gasteiger partial charge < -0.3 is 14.9 Å². The largest absolute Gasteiger partial charge is 0.396 e. The van der Waals surface area contributed by atoms with E-state index < -0.39 is 5.60 Å². The molecule has 3 aromatic rings. The van der Waals surface area contributed by atoms with E-state index in [0.29, 0.717) is 13.0 Å². The van der Waals surface area contributed by atoms with Crippen LogP contribution in [-0.2, 0) is 10.3 Å². The van der Waals surface area contributed by atoms with Crippen LogP contribution in [0.25, 0.3) is 0 Å². The Labute approximate surface area is 173 Å². The molecule has 0 aliphatic heterocycles. The van der Waals surface area contributed by atoms with Crippen molar-refractivity contribution >= 4 is 0 Å². The van der Waals surface area contributed by atoms with E-state index in [9.17, 15) is 10.2 Å². The van der Waals surface area contributed by atoms with Crippen LogP contribution in [0.5, 0.6) is 0 Å². The van der Waals surface area contributed by atoms with E-state index in [1.54, 1.807) is 0 Å². The zero-order valence-corrected chi connectivity index (χ0v) is 16.9. The lowest BCUT2D eigenvalue weighted by Crippen LogP contribution is -2.34. The van der Waals surface area contributed by atoms with Crippen LogP contribution in [0.2, 0.25) is 0 Å². The molecule has 0 saturated heterocycles.